The molecule has 0 aromatic rings. The van der Waals surface area contributed by atoms with Gasteiger partial charge < -0.3 is 9.47 Å². The van der Waals surface area contributed by atoms with Crippen LogP contribution in [-0.4, -0.2) is 15.3 Å². The summed E-state index contributed by atoms with van der Waals surface area (Å²) in [6.45, 7) is 4.26. The van der Waals surface area contributed by atoms with E-state index >= 15 is 0 Å². The molecule has 2 aliphatic rings. The Morgan fingerprint density at radius 1 is 1.09 bits per heavy atom. The number of ether oxygens (including phenoxy) is 2. The molecule has 2 heterocycles. The molecule has 2 fully saturated rings. The van der Waals surface area contributed by atoms with Crippen LogP contribution in [0, 0.1) is 0 Å². The third kappa shape index (κ3) is 1.30. The van der Waals surface area contributed by atoms with Crippen LogP contribution in [0.5, 0.6) is 0 Å². The van der Waals surface area contributed by atoms with E-state index in [9.17, 15) is 0 Å². The van der Waals surface area contributed by atoms with Crippen LogP contribution in [0.3, 0.4) is 0 Å². The Kier molecular flexibility index (Phi) is 2.12. The molecule has 2 rings (SSSR count). The predicted octanol–water partition coefficient (Wildman–Crippen LogP) is 2.60. The standard InChI is InChI=1S/C7H12O2S2/c1-3-5-8-7(10-5)9-6(4-2)11-7/h5-6H,3-4H2,1-2H3. The Labute approximate surface area is 75.4 Å². The molecule has 64 valence electrons. The van der Waals surface area contributed by atoms with Gasteiger partial charge in [0.05, 0.1) is 0 Å². The predicted molar refractivity (Wildman–Crippen MR) is 48.2 cm³/mol. The summed E-state index contributed by atoms with van der Waals surface area (Å²) in [6.07, 6.45) is 2.15. The Bertz CT molecular complexity index is 129. The van der Waals surface area contributed by atoms with Crippen LogP contribution in [0.25, 0.3) is 0 Å². The molecule has 2 nitrogen and oxygen atoms in total. The van der Waals surface area contributed by atoms with Crippen molar-refractivity contribution in [2.24, 2.45) is 0 Å². The smallest absolute Gasteiger partial charge is 0.276 e. The lowest BCUT2D eigenvalue weighted by atomic mass is 10.5. The average Bonchev–Trinajstić information content (AvgIpc) is 1.83. The van der Waals surface area contributed by atoms with Gasteiger partial charge in [0.1, 0.15) is 10.9 Å². The van der Waals surface area contributed by atoms with Crippen LogP contribution in [0.4, 0.5) is 0 Å². The molecule has 0 amide bonds. The SMILES string of the molecule is CCC1OC2(OC(CC)S2)S1. The highest BCUT2D eigenvalue weighted by Crippen LogP contribution is 2.62. The van der Waals surface area contributed by atoms with E-state index in [4.69, 9.17) is 9.47 Å². The summed E-state index contributed by atoms with van der Waals surface area (Å²) in [5.74, 6) is 0. The van der Waals surface area contributed by atoms with Crippen molar-refractivity contribution in [2.45, 2.75) is 42.0 Å². The number of rotatable bonds is 2. The quantitative estimate of drug-likeness (QED) is 0.669. The van der Waals surface area contributed by atoms with Gasteiger partial charge >= 0.3 is 0 Å². The van der Waals surface area contributed by atoms with E-state index in [-0.39, 0.29) is 4.45 Å². The van der Waals surface area contributed by atoms with Crippen molar-refractivity contribution in [3.63, 3.8) is 0 Å². The van der Waals surface area contributed by atoms with Gasteiger partial charge in [0.25, 0.3) is 4.45 Å². The second-order valence-electron chi connectivity index (χ2n) is 2.65. The van der Waals surface area contributed by atoms with Crippen LogP contribution < -0.4 is 0 Å². The van der Waals surface area contributed by atoms with Crippen molar-refractivity contribution in [1.29, 1.82) is 0 Å². The minimum absolute atomic E-state index is 0.276. The first-order valence-corrected chi connectivity index (χ1v) is 5.75. The van der Waals surface area contributed by atoms with Gasteiger partial charge in [0.15, 0.2) is 0 Å². The summed E-state index contributed by atoms with van der Waals surface area (Å²) in [4.78, 5) is 0. The van der Waals surface area contributed by atoms with Gasteiger partial charge in [0, 0.05) is 0 Å². The maximum absolute atomic E-state index is 5.55. The Morgan fingerprint density at radius 3 is 1.73 bits per heavy atom. The van der Waals surface area contributed by atoms with Gasteiger partial charge in [0.2, 0.25) is 0 Å². The lowest BCUT2D eigenvalue weighted by Crippen LogP contribution is -2.53. The molecule has 0 radical (unpaired) electrons. The lowest BCUT2D eigenvalue weighted by Gasteiger charge is -2.53. The molecular weight excluding hydrogens is 180 g/mol. The molecule has 2 saturated heterocycles. The summed E-state index contributed by atoms with van der Waals surface area (Å²) < 4.78 is 10.8. The maximum atomic E-state index is 5.55. The molecule has 0 aromatic carbocycles. The normalized spacial score (nSPS) is 48.5. The van der Waals surface area contributed by atoms with Gasteiger partial charge in [-0.05, 0) is 12.8 Å². The topological polar surface area (TPSA) is 18.5 Å². The molecule has 0 aliphatic carbocycles. The van der Waals surface area contributed by atoms with Gasteiger partial charge in [-0.1, -0.05) is 37.4 Å². The van der Waals surface area contributed by atoms with Crippen LogP contribution >= 0.6 is 23.5 Å². The fourth-order valence-electron chi connectivity index (χ4n) is 1.11. The van der Waals surface area contributed by atoms with Crippen molar-refractivity contribution in [3.05, 3.63) is 0 Å². The van der Waals surface area contributed by atoms with Crippen molar-refractivity contribution in [2.75, 3.05) is 0 Å². The van der Waals surface area contributed by atoms with E-state index in [1.165, 1.54) is 0 Å². The van der Waals surface area contributed by atoms with Crippen LogP contribution in [0.2, 0.25) is 0 Å². The fraction of sp³-hybridized carbons (Fsp3) is 1.00. The maximum Gasteiger partial charge on any atom is 0.276 e. The monoisotopic (exact) mass is 192 g/mol. The number of hydrogen-bond donors (Lipinski definition) is 0. The number of hydrogen-bond acceptors (Lipinski definition) is 4. The first-order chi connectivity index (χ1) is 5.28. The lowest BCUT2D eigenvalue weighted by molar-refractivity contribution is -0.181. The zero-order valence-electron chi connectivity index (χ0n) is 6.70. The van der Waals surface area contributed by atoms with E-state index in [0.29, 0.717) is 10.9 Å². The van der Waals surface area contributed by atoms with Crippen molar-refractivity contribution >= 4 is 23.5 Å². The molecule has 0 N–H and O–H groups in total. The van der Waals surface area contributed by atoms with Crippen LogP contribution in [0.15, 0.2) is 0 Å². The molecule has 2 atom stereocenters. The summed E-state index contributed by atoms with van der Waals surface area (Å²) in [5, 5.41) is 0. The number of thioether (sulfide) groups is 2. The van der Waals surface area contributed by atoms with Gasteiger partial charge in [-0.3, -0.25) is 0 Å². The van der Waals surface area contributed by atoms with Crippen molar-refractivity contribution in [1.82, 2.24) is 0 Å². The summed E-state index contributed by atoms with van der Waals surface area (Å²) in [7, 11) is 0. The molecule has 0 saturated carbocycles. The van der Waals surface area contributed by atoms with E-state index < -0.39 is 0 Å². The Balaban J connectivity index is 1.75. The van der Waals surface area contributed by atoms with E-state index in [2.05, 4.69) is 13.8 Å². The van der Waals surface area contributed by atoms with Gasteiger partial charge in [-0.25, -0.2) is 0 Å². The molecule has 4 heteroatoms. The molecule has 0 aromatic heterocycles. The third-order valence-corrected chi connectivity index (χ3v) is 4.69. The minimum atomic E-state index is -0.276. The zero-order chi connectivity index (χ0) is 7.90. The molecule has 2 unspecified atom stereocenters. The molecule has 11 heavy (non-hydrogen) atoms. The van der Waals surface area contributed by atoms with E-state index in [1.807, 2.05) is 0 Å². The van der Waals surface area contributed by atoms with Crippen LogP contribution in [-0.2, 0) is 9.47 Å². The molecular formula is C7H12O2S2. The van der Waals surface area contributed by atoms with Gasteiger partial charge in [-0.2, -0.15) is 0 Å². The second-order valence-corrected chi connectivity index (χ2v) is 5.50. The summed E-state index contributed by atoms with van der Waals surface area (Å²) in [6, 6.07) is 0. The van der Waals surface area contributed by atoms with Crippen molar-refractivity contribution < 1.29 is 9.47 Å². The van der Waals surface area contributed by atoms with E-state index in [1.54, 1.807) is 23.5 Å². The first-order valence-electron chi connectivity index (χ1n) is 3.99. The Hall–Kier alpha value is 0.620. The Morgan fingerprint density at radius 2 is 1.45 bits per heavy atom. The molecule has 2 aliphatic heterocycles. The highest BCUT2D eigenvalue weighted by atomic mass is 32.2. The highest BCUT2D eigenvalue weighted by molar-refractivity contribution is 8.20. The minimum Gasteiger partial charge on any atom is -0.318 e. The van der Waals surface area contributed by atoms with Gasteiger partial charge in [-0.15, -0.1) is 0 Å². The second kappa shape index (κ2) is 2.83. The zero-order valence-corrected chi connectivity index (χ0v) is 8.33. The highest BCUT2D eigenvalue weighted by Gasteiger charge is 2.57. The fourth-order valence-corrected chi connectivity index (χ4v) is 3.84. The largest absolute Gasteiger partial charge is 0.318 e. The molecule has 1 spiro atoms. The van der Waals surface area contributed by atoms with E-state index in [0.717, 1.165) is 12.8 Å². The van der Waals surface area contributed by atoms with Crippen molar-refractivity contribution in [3.8, 4) is 0 Å². The summed E-state index contributed by atoms with van der Waals surface area (Å²) in [5.41, 5.74) is 0.751. The average molecular weight is 192 g/mol. The summed E-state index contributed by atoms with van der Waals surface area (Å²) >= 11 is 3.60. The van der Waals surface area contributed by atoms with Crippen LogP contribution in [0.1, 0.15) is 26.7 Å². The third-order valence-electron chi connectivity index (χ3n) is 1.77. The first kappa shape index (κ1) is 8.23. The molecule has 0 bridgehead atoms.